The maximum Gasteiger partial charge on any atom is 0.418 e. The third-order valence-electron chi connectivity index (χ3n) is 1.34. The quantitative estimate of drug-likeness (QED) is 0.458. The van der Waals surface area contributed by atoms with Crippen LogP contribution in [0.25, 0.3) is 0 Å². The predicted molar refractivity (Wildman–Crippen MR) is 41.4 cm³/mol. The van der Waals surface area contributed by atoms with Crippen LogP contribution in [0.15, 0.2) is 0 Å². The Morgan fingerprint density at radius 2 is 2.36 bits per heavy atom. The van der Waals surface area contributed by atoms with E-state index in [1.54, 1.807) is 11.8 Å². The zero-order valence-electron chi connectivity index (χ0n) is 6.20. The van der Waals surface area contributed by atoms with Crippen LogP contribution in [0.2, 0.25) is 0 Å². The first-order valence-electron chi connectivity index (χ1n) is 3.22. The lowest BCUT2D eigenvalue weighted by Gasteiger charge is -2.08. The van der Waals surface area contributed by atoms with E-state index in [0.29, 0.717) is 6.54 Å². The average Bonchev–Trinajstić information content (AvgIpc) is 2.26. The Bertz CT molecular complexity index is 183. The zero-order valence-corrected chi connectivity index (χ0v) is 7.02. The van der Waals surface area contributed by atoms with Crippen LogP contribution in [0, 0.1) is 0 Å². The molecule has 62 valence electrons. The van der Waals surface area contributed by atoms with Gasteiger partial charge in [0.25, 0.3) is 0 Å². The van der Waals surface area contributed by atoms with Gasteiger partial charge in [0.2, 0.25) is 0 Å². The standard InChI is InChI=1S/C6H9NO3S/c1-11-3-2-7-4-5(8)10-6(7)9/h2-4H2,1H3. The van der Waals surface area contributed by atoms with E-state index in [4.69, 9.17) is 0 Å². The highest BCUT2D eigenvalue weighted by Crippen LogP contribution is 2.05. The van der Waals surface area contributed by atoms with Crippen molar-refractivity contribution in [3.8, 4) is 0 Å². The van der Waals surface area contributed by atoms with Gasteiger partial charge >= 0.3 is 12.1 Å². The maximum absolute atomic E-state index is 10.8. The lowest BCUT2D eigenvalue weighted by Crippen LogP contribution is -2.26. The van der Waals surface area contributed by atoms with Crippen LogP contribution < -0.4 is 0 Å². The minimum atomic E-state index is -0.510. The van der Waals surface area contributed by atoms with Crippen molar-refractivity contribution in [3.63, 3.8) is 0 Å². The second kappa shape index (κ2) is 3.61. The number of hydrogen-bond donors (Lipinski definition) is 0. The summed E-state index contributed by atoms with van der Waals surface area (Å²) < 4.78 is 4.31. The van der Waals surface area contributed by atoms with Gasteiger partial charge in [-0.15, -0.1) is 0 Å². The Kier molecular flexibility index (Phi) is 2.76. The molecule has 11 heavy (non-hydrogen) atoms. The molecule has 0 radical (unpaired) electrons. The van der Waals surface area contributed by atoms with Crippen molar-refractivity contribution in [2.75, 3.05) is 25.1 Å². The van der Waals surface area contributed by atoms with Crippen molar-refractivity contribution in [1.82, 2.24) is 4.90 Å². The van der Waals surface area contributed by atoms with Crippen LogP contribution in [-0.2, 0) is 9.53 Å². The first-order valence-corrected chi connectivity index (χ1v) is 4.62. The van der Waals surface area contributed by atoms with E-state index in [1.165, 1.54) is 4.90 Å². The number of carbonyl (C=O) groups is 2. The highest BCUT2D eigenvalue weighted by atomic mass is 32.2. The number of cyclic esters (lactones) is 2. The third kappa shape index (κ3) is 2.11. The van der Waals surface area contributed by atoms with Gasteiger partial charge in [-0.05, 0) is 6.26 Å². The van der Waals surface area contributed by atoms with Crippen LogP contribution in [0.5, 0.6) is 0 Å². The molecule has 1 aliphatic rings. The van der Waals surface area contributed by atoms with E-state index in [1.807, 2.05) is 6.26 Å². The van der Waals surface area contributed by atoms with Crippen molar-refractivity contribution in [2.45, 2.75) is 0 Å². The van der Waals surface area contributed by atoms with Gasteiger partial charge in [-0.25, -0.2) is 9.59 Å². The normalized spacial score (nSPS) is 17.4. The summed E-state index contributed by atoms with van der Waals surface area (Å²) in [5.41, 5.74) is 0. The van der Waals surface area contributed by atoms with Crippen LogP contribution in [-0.4, -0.2) is 42.1 Å². The second-order valence-electron chi connectivity index (χ2n) is 2.15. The third-order valence-corrected chi connectivity index (χ3v) is 1.94. The maximum atomic E-state index is 10.8. The summed E-state index contributed by atoms with van der Waals surface area (Å²) in [7, 11) is 0. The molecule has 0 bridgehead atoms. The summed E-state index contributed by atoms with van der Waals surface area (Å²) in [4.78, 5) is 22.7. The lowest BCUT2D eigenvalue weighted by molar-refractivity contribution is -0.132. The number of esters is 1. The fraction of sp³-hybridized carbons (Fsp3) is 0.667. The Hall–Kier alpha value is -0.710. The van der Waals surface area contributed by atoms with Crippen molar-refractivity contribution in [3.05, 3.63) is 0 Å². The molecule has 1 amide bonds. The number of carbonyl (C=O) groups excluding carboxylic acids is 2. The molecule has 4 nitrogen and oxygen atoms in total. The fourth-order valence-electron chi connectivity index (χ4n) is 0.786. The molecule has 0 aliphatic carbocycles. The van der Waals surface area contributed by atoms with Gasteiger partial charge < -0.3 is 4.74 Å². The zero-order chi connectivity index (χ0) is 8.27. The second-order valence-corrected chi connectivity index (χ2v) is 3.14. The first kappa shape index (κ1) is 8.39. The number of thioether (sulfide) groups is 1. The Morgan fingerprint density at radius 1 is 1.64 bits per heavy atom. The lowest BCUT2D eigenvalue weighted by atomic mass is 10.6. The molecule has 1 aliphatic heterocycles. The minimum absolute atomic E-state index is 0.111. The van der Waals surface area contributed by atoms with Crippen LogP contribution in [0.1, 0.15) is 0 Å². The monoisotopic (exact) mass is 175 g/mol. The van der Waals surface area contributed by atoms with E-state index < -0.39 is 12.1 Å². The van der Waals surface area contributed by atoms with Crippen molar-refractivity contribution < 1.29 is 14.3 Å². The van der Waals surface area contributed by atoms with Gasteiger partial charge in [0.05, 0.1) is 0 Å². The number of hydrogen-bond acceptors (Lipinski definition) is 4. The molecule has 1 rings (SSSR count). The van der Waals surface area contributed by atoms with Gasteiger partial charge in [-0.1, -0.05) is 0 Å². The fourth-order valence-corrected chi connectivity index (χ4v) is 1.19. The van der Waals surface area contributed by atoms with E-state index in [-0.39, 0.29) is 6.54 Å². The molecule has 0 saturated carbocycles. The summed E-state index contributed by atoms with van der Waals surface area (Å²) >= 11 is 1.63. The predicted octanol–water partition coefficient (Wildman–Crippen LogP) is 0.328. The van der Waals surface area contributed by atoms with Gasteiger partial charge in [0.1, 0.15) is 6.54 Å². The van der Waals surface area contributed by atoms with Gasteiger partial charge in [-0.2, -0.15) is 11.8 Å². The summed E-state index contributed by atoms with van der Waals surface area (Å²) in [5.74, 6) is 0.388. The SMILES string of the molecule is CSCCN1CC(=O)OC1=O. The largest absolute Gasteiger partial charge is 0.418 e. The molecule has 0 unspecified atom stereocenters. The smallest absolute Gasteiger partial charge is 0.375 e. The van der Waals surface area contributed by atoms with Crippen molar-refractivity contribution in [1.29, 1.82) is 0 Å². The molecule has 1 heterocycles. The summed E-state index contributed by atoms with van der Waals surface area (Å²) in [6, 6.07) is 0. The van der Waals surface area contributed by atoms with Gasteiger partial charge in [0.15, 0.2) is 0 Å². The molecule has 0 aromatic carbocycles. The molecule has 5 heteroatoms. The van der Waals surface area contributed by atoms with Crippen LogP contribution in [0.3, 0.4) is 0 Å². The Morgan fingerprint density at radius 3 is 2.82 bits per heavy atom. The van der Waals surface area contributed by atoms with E-state index >= 15 is 0 Å². The molecule has 0 spiro atoms. The first-order chi connectivity index (χ1) is 5.24. The Balaban J connectivity index is 2.34. The van der Waals surface area contributed by atoms with Crippen molar-refractivity contribution >= 4 is 23.8 Å². The number of ether oxygens (including phenoxy) is 1. The van der Waals surface area contributed by atoms with Crippen LogP contribution in [0.4, 0.5) is 4.79 Å². The van der Waals surface area contributed by atoms with Gasteiger partial charge in [-0.3, -0.25) is 4.90 Å². The molecule has 0 N–H and O–H groups in total. The number of rotatable bonds is 3. The summed E-state index contributed by atoms with van der Waals surface area (Å²) in [6.45, 7) is 0.700. The van der Waals surface area contributed by atoms with Gasteiger partial charge in [0, 0.05) is 12.3 Å². The molecule has 1 saturated heterocycles. The summed E-state index contributed by atoms with van der Waals surface area (Å²) in [6.07, 6.45) is 1.44. The molecule has 1 fully saturated rings. The molecular weight excluding hydrogens is 166 g/mol. The average molecular weight is 175 g/mol. The summed E-state index contributed by atoms with van der Waals surface area (Å²) in [5, 5.41) is 0. The van der Waals surface area contributed by atoms with E-state index in [2.05, 4.69) is 4.74 Å². The van der Waals surface area contributed by atoms with Crippen molar-refractivity contribution in [2.24, 2.45) is 0 Å². The molecule has 0 aromatic rings. The molecule has 0 atom stereocenters. The highest BCUT2D eigenvalue weighted by molar-refractivity contribution is 7.98. The Labute approximate surface area is 68.9 Å². The van der Waals surface area contributed by atoms with E-state index in [0.717, 1.165) is 5.75 Å². The molecule has 0 aromatic heterocycles. The highest BCUT2D eigenvalue weighted by Gasteiger charge is 2.28. The topological polar surface area (TPSA) is 46.6 Å². The number of nitrogens with zero attached hydrogens (tertiary/aromatic N) is 1. The number of amides is 1. The van der Waals surface area contributed by atoms with E-state index in [9.17, 15) is 9.59 Å². The van der Waals surface area contributed by atoms with Crippen LogP contribution >= 0.6 is 11.8 Å². The molecular formula is C6H9NO3S. The minimum Gasteiger partial charge on any atom is -0.375 e.